The van der Waals surface area contributed by atoms with Gasteiger partial charge in [0.15, 0.2) is 12.2 Å². The van der Waals surface area contributed by atoms with E-state index in [1.165, 1.54) is 17.7 Å². The Kier molecular flexibility index (Phi) is 2.35. The van der Waals surface area contributed by atoms with Gasteiger partial charge in [-0.1, -0.05) is 11.6 Å². The average molecular weight is 215 g/mol. The number of nitrogens with zero attached hydrogens (tertiary/aromatic N) is 1. The Labute approximate surface area is 84.2 Å². The molecule has 2 rings (SSSR count). The second-order valence-electron chi connectivity index (χ2n) is 2.44. The van der Waals surface area contributed by atoms with Crippen molar-refractivity contribution in [3.63, 3.8) is 0 Å². The van der Waals surface area contributed by atoms with E-state index in [1.54, 1.807) is 0 Å². The molecule has 13 heavy (non-hydrogen) atoms. The first-order chi connectivity index (χ1) is 6.31. The van der Waals surface area contributed by atoms with Gasteiger partial charge in [0, 0.05) is 6.54 Å². The van der Waals surface area contributed by atoms with Crippen molar-refractivity contribution < 1.29 is 4.42 Å². The number of thiophene rings is 1. The lowest BCUT2D eigenvalue weighted by molar-refractivity contribution is 0.572. The van der Waals surface area contributed by atoms with Gasteiger partial charge in [-0.2, -0.15) is 0 Å². The van der Waals surface area contributed by atoms with Crippen LogP contribution in [-0.4, -0.2) is 4.98 Å². The summed E-state index contributed by atoms with van der Waals surface area (Å²) >= 11 is 7.25. The van der Waals surface area contributed by atoms with Gasteiger partial charge in [-0.3, -0.25) is 0 Å². The van der Waals surface area contributed by atoms with Crippen LogP contribution < -0.4 is 5.73 Å². The number of hydrogen-bond donors (Lipinski definition) is 1. The third kappa shape index (κ3) is 1.60. The van der Waals surface area contributed by atoms with Crippen LogP contribution in [-0.2, 0) is 6.54 Å². The van der Waals surface area contributed by atoms with Crippen LogP contribution in [0, 0.1) is 0 Å². The van der Waals surface area contributed by atoms with Gasteiger partial charge < -0.3 is 10.2 Å². The molecule has 2 aromatic rings. The molecule has 0 aliphatic rings. The quantitative estimate of drug-likeness (QED) is 0.836. The zero-order chi connectivity index (χ0) is 9.26. The molecule has 0 fully saturated rings. The summed E-state index contributed by atoms with van der Waals surface area (Å²) in [6, 6.07) is 3.72. The van der Waals surface area contributed by atoms with Crippen molar-refractivity contribution in [3.05, 3.63) is 28.6 Å². The molecule has 0 saturated carbocycles. The molecule has 0 amide bonds. The molecule has 0 saturated heterocycles. The fourth-order valence-electron chi connectivity index (χ4n) is 1.05. The van der Waals surface area contributed by atoms with Crippen molar-refractivity contribution in [2.75, 3.05) is 0 Å². The van der Waals surface area contributed by atoms with Crippen LogP contribution in [0.15, 0.2) is 22.9 Å². The van der Waals surface area contributed by atoms with E-state index in [1.807, 2.05) is 12.1 Å². The first kappa shape index (κ1) is 8.74. The molecule has 0 aliphatic carbocycles. The zero-order valence-corrected chi connectivity index (χ0v) is 8.23. The summed E-state index contributed by atoms with van der Waals surface area (Å²) in [4.78, 5) is 4.95. The average Bonchev–Trinajstić information content (AvgIpc) is 2.71. The van der Waals surface area contributed by atoms with Crippen LogP contribution in [0.3, 0.4) is 0 Å². The lowest BCUT2D eigenvalue weighted by atomic mass is 10.3. The number of rotatable bonds is 2. The Morgan fingerprint density at radius 1 is 1.54 bits per heavy atom. The molecule has 0 spiro atoms. The molecule has 68 valence electrons. The van der Waals surface area contributed by atoms with Gasteiger partial charge in [-0.25, -0.2) is 4.98 Å². The second-order valence-corrected chi connectivity index (χ2v) is 4.15. The monoisotopic (exact) mass is 214 g/mol. The first-order valence-corrected chi connectivity index (χ1v) is 4.89. The van der Waals surface area contributed by atoms with Crippen molar-refractivity contribution in [1.82, 2.24) is 4.98 Å². The fourth-order valence-corrected chi connectivity index (χ4v) is 2.10. The van der Waals surface area contributed by atoms with Crippen LogP contribution in [0.5, 0.6) is 0 Å². The van der Waals surface area contributed by atoms with Gasteiger partial charge in [0.2, 0.25) is 0 Å². The standard InChI is InChI=1S/C8H7ClN2OS/c9-7-2-1-6(13-7)8-5(3-10)11-4-12-8/h1-2,4H,3,10H2. The Balaban J connectivity index is 2.45. The maximum atomic E-state index is 5.80. The number of oxazole rings is 1. The summed E-state index contributed by atoms with van der Waals surface area (Å²) in [6.45, 7) is 0.376. The van der Waals surface area contributed by atoms with Gasteiger partial charge >= 0.3 is 0 Å². The molecule has 0 radical (unpaired) electrons. The maximum Gasteiger partial charge on any atom is 0.181 e. The van der Waals surface area contributed by atoms with Crippen LogP contribution in [0.2, 0.25) is 4.34 Å². The topological polar surface area (TPSA) is 52.0 Å². The summed E-state index contributed by atoms with van der Waals surface area (Å²) in [6.07, 6.45) is 1.39. The van der Waals surface area contributed by atoms with Gasteiger partial charge in [-0.05, 0) is 12.1 Å². The molecule has 0 bridgehead atoms. The molecule has 0 unspecified atom stereocenters. The smallest absolute Gasteiger partial charge is 0.181 e. The molecule has 5 heteroatoms. The lowest BCUT2D eigenvalue weighted by Gasteiger charge is -1.92. The van der Waals surface area contributed by atoms with Crippen LogP contribution in [0.4, 0.5) is 0 Å². The van der Waals surface area contributed by atoms with E-state index in [4.69, 9.17) is 21.8 Å². The minimum Gasteiger partial charge on any atom is -0.442 e. The van der Waals surface area contributed by atoms with Crippen molar-refractivity contribution in [3.8, 4) is 10.6 Å². The fraction of sp³-hybridized carbons (Fsp3) is 0.125. The summed E-state index contributed by atoms with van der Waals surface area (Å²) < 4.78 is 5.95. The van der Waals surface area contributed by atoms with E-state index in [2.05, 4.69) is 4.98 Å². The summed E-state index contributed by atoms with van der Waals surface area (Å²) in [5, 5.41) is 0. The van der Waals surface area contributed by atoms with Crippen molar-refractivity contribution >= 4 is 22.9 Å². The van der Waals surface area contributed by atoms with Crippen molar-refractivity contribution in [2.24, 2.45) is 5.73 Å². The lowest BCUT2D eigenvalue weighted by Crippen LogP contribution is -1.97. The zero-order valence-electron chi connectivity index (χ0n) is 6.66. The van der Waals surface area contributed by atoms with E-state index in [0.717, 1.165) is 20.7 Å². The Morgan fingerprint density at radius 3 is 3.00 bits per heavy atom. The van der Waals surface area contributed by atoms with E-state index in [0.29, 0.717) is 6.54 Å². The largest absolute Gasteiger partial charge is 0.442 e. The molecular weight excluding hydrogens is 208 g/mol. The number of aromatic nitrogens is 1. The highest BCUT2D eigenvalue weighted by Gasteiger charge is 2.10. The van der Waals surface area contributed by atoms with Gasteiger partial charge in [0.25, 0.3) is 0 Å². The minimum atomic E-state index is 0.376. The van der Waals surface area contributed by atoms with Gasteiger partial charge in [0.05, 0.1) is 9.21 Å². The molecule has 0 atom stereocenters. The minimum absolute atomic E-state index is 0.376. The van der Waals surface area contributed by atoms with E-state index in [-0.39, 0.29) is 0 Å². The number of halogens is 1. The number of hydrogen-bond acceptors (Lipinski definition) is 4. The third-order valence-corrected chi connectivity index (χ3v) is 2.86. The number of nitrogens with two attached hydrogens (primary N) is 1. The second kappa shape index (κ2) is 3.49. The normalized spacial score (nSPS) is 10.6. The molecule has 0 aliphatic heterocycles. The Hall–Kier alpha value is -0.840. The molecule has 2 heterocycles. The molecule has 2 N–H and O–H groups in total. The summed E-state index contributed by atoms with van der Waals surface area (Å²) in [5.41, 5.74) is 6.25. The van der Waals surface area contributed by atoms with Crippen LogP contribution in [0.25, 0.3) is 10.6 Å². The van der Waals surface area contributed by atoms with Crippen LogP contribution >= 0.6 is 22.9 Å². The first-order valence-electron chi connectivity index (χ1n) is 3.69. The highest BCUT2D eigenvalue weighted by Crippen LogP contribution is 2.32. The summed E-state index contributed by atoms with van der Waals surface area (Å²) in [5.74, 6) is 0.722. The highest BCUT2D eigenvalue weighted by molar-refractivity contribution is 7.19. The maximum absolute atomic E-state index is 5.80. The molecule has 0 aromatic carbocycles. The highest BCUT2D eigenvalue weighted by atomic mass is 35.5. The van der Waals surface area contributed by atoms with E-state index >= 15 is 0 Å². The van der Waals surface area contributed by atoms with Gasteiger partial charge in [0.1, 0.15) is 5.69 Å². The molecule has 3 nitrogen and oxygen atoms in total. The van der Waals surface area contributed by atoms with Gasteiger partial charge in [-0.15, -0.1) is 11.3 Å². The van der Waals surface area contributed by atoms with E-state index in [9.17, 15) is 0 Å². The van der Waals surface area contributed by atoms with Crippen LogP contribution in [0.1, 0.15) is 5.69 Å². The predicted molar refractivity (Wildman–Crippen MR) is 52.7 cm³/mol. The predicted octanol–water partition coefficient (Wildman–Crippen LogP) is 2.52. The Morgan fingerprint density at radius 2 is 2.38 bits per heavy atom. The Bertz CT molecular complexity index is 410. The summed E-state index contributed by atoms with van der Waals surface area (Å²) in [7, 11) is 0. The molecule has 2 aromatic heterocycles. The third-order valence-electron chi connectivity index (χ3n) is 1.63. The SMILES string of the molecule is NCc1ncoc1-c1ccc(Cl)s1. The van der Waals surface area contributed by atoms with E-state index < -0.39 is 0 Å². The van der Waals surface area contributed by atoms with Crippen molar-refractivity contribution in [2.45, 2.75) is 6.54 Å². The molecular formula is C8H7ClN2OS. The van der Waals surface area contributed by atoms with Crippen molar-refractivity contribution in [1.29, 1.82) is 0 Å².